The van der Waals surface area contributed by atoms with E-state index in [1.165, 1.54) is 0 Å². The van der Waals surface area contributed by atoms with Crippen molar-refractivity contribution < 1.29 is 4.89 Å². The van der Waals surface area contributed by atoms with Gasteiger partial charge in [0.2, 0.25) is 0 Å². The maximum Gasteiger partial charge on any atom is 0.262 e. The Labute approximate surface area is 98.1 Å². The van der Waals surface area contributed by atoms with Crippen LogP contribution < -0.4 is 21.3 Å². The lowest BCUT2D eigenvalue weighted by Crippen LogP contribution is -2.19. The molecule has 5 nitrogen and oxygen atoms in total. The van der Waals surface area contributed by atoms with E-state index in [1.807, 2.05) is 0 Å². The Morgan fingerprint density at radius 3 is 2.44 bits per heavy atom. The summed E-state index contributed by atoms with van der Waals surface area (Å²) in [5.41, 5.74) is 5.37. The normalized spacial score (nSPS) is 21.4. The SMILES string of the molecule is NCCCNC/C=C/CNCCC1N=[P+]1[O-]. The monoisotopic (exact) mass is 244 g/mol. The number of hydrogen-bond donors (Lipinski definition) is 3. The van der Waals surface area contributed by atoms with E-state index in [1.54, 1.807) is 0 Å². The molecule has 0 spiro atoms. The fraction of sp³-hybridized carbons (Fsp3) is 0.800. The van der Waals surface area contributed by atoms with Crippen LogP contribution in [0.5, 0.6) is 0 Å². The van der Waals surface area contributed by atoms with Crippen LogP contribution >= 0.6 is 7.94 Å². The lowest BCUT2D eigenvalue weighted by Gasteiger charge is -1.99. The molecule has 0 aromatic rings. The summed E-state index contributed by atoms with van der Waals surface area (Å²) in [4.78, 5) is 10.7. The highest BCUT2D eigenvalue weighted by Crippen LogP contribution is 2.42. The summed E-state index contributed by atoms with van der Waals surface area (Å²) in [7, 11) is -1.17. The number of rotatable bonds is 10. The summed E-state index contributed by atoms with van der Waals surface area (Å²) >= 11 is 0. The second kappa shape index (κ2) is 8.79. The van der Waals surface area contributed by atoms with Crippen molar-refractivity contribution in [1.82, 2.24) is 10.6 Å². The second-order valence-electron chi connectivity index (χ2n) is 3.71. The third kappa shape index (κ3) is 7.04. The molecule has 0 aromatic heterocycles. The van der Waals surface area contributed by atoms with Gasteiger partial charge in [0, 0.05) is 26.1 Å². The van der Waals surface area contributed by atoms with E-state index in [0.29, 0.717) is 0 Å². The third-order valence-corrected chi connectivity index (χ3v) is 3.43. The van der Waals surface area contributed by atoms with Gasteiger partial charge in [-0.2, -0.15) is 0 Å². The summed E-state index contributed by atoms with van der Waals surface area (Å²) in [6.07, 6.45) is 6.12. The van der Waals surface area contributed by atoms with Gasteiger partial charge in [-0.1, -0.05) is 16.9 Å². The summed E-state index contributed by atoms with van der Waals surface area (Å²) < 4.78 is 3.86. The summed E-state index contributed by atoms with van der Waals surface area (Å²) in [5.74, 6) is 0.143. The van der Waals surface area contributed by atoms with E-state index in [9.17, 15) is 4.89 Å². The smallest absolute Gasteiger partial charge is 0.262 e. The molecule has 1 heterocycles. The zero-order valence-electron chi connectivity index (χ0n) is 9.56. The van der Waals surface area contributed by atoms with Gasteiger partial charge < -0.3 is 21.3 Å². The Morgan fingerprint density at radius 1 is 1.25 bits per heavy atom. The molecule has 1 aliphatic heterocycles. The standard InChI is InChI=1S/C10H21N4OP/c11-5-3-8-12-6-1-2-7-13-9-4-10-14-16(10)15/h1-2,10,12-13H,3-9,11H2/b2-1+. The first-order chi connectivity index (χ1) is 7.84. The van der Waals surface area contributed by atoms with Crippen LogP contribution in [0.15, 0.2) is 16.9 Å². The molecule has 92 valence electrons. The molecule has 6 heteroatoms. The van der Waals surface area contributed by atoms with Crippen molar-refractivity contribution >= 4 is 7.94 Å². The van der Waals surface area contributed by atoms with Crippen LogP contribution in [0.2, 0.25) is 0 Å². The van der Waals surface area contributed by atoms with Crippen molar-refractivity contribution in [3.05, 3.63) is 12.2 Å². The van der Waals surface area contributed by atoms with Crippen molar-refractivity contribution in [2.24, 2.45) is 10.5 Å². The molecule has 1 aliphatic rings. The van der Waals surface area contributed by atoms with Crippen LogP contribution in [0, 0.1) is 0 Å². The Morgan fingerprint density at radius 2 is 1.88 bits per heavy atom. The lowest BCUT2D eigenvalue weighted by atomic mass is 10.4. The van der Waals surface area contributed by atoms with Gasteiger partial charge >= 0.3 is 0 Å². The zero-order chi connectivity index (χ0) is 11.6. The van der Waals surface area contributed by atoms with Crippen molar-refractivity contribution in [3.63, 3.8) is 0 Å². The van der Waals surface area contributed by atoms with Crippen LogP contribution in [0.25, 0.3) is 0 Å². The van der Waals surface area contributed by atoms with Gasteiger partial charge in [-0.3, -0.25) is 0 Å². The minimum Gasteiger partial charge on any atom is -0.610 e. The van der Waals surface area contributed by atoms with E-state index in [-0.39, 0.29) is 5.78 Å². The average molecular weight is 244 g/mol. The number of nitrogens with zero attached hydrogens (tertiary/aromatic N) is 1. The van der Waals surface area contributed by atoms with Gasteiger partial charge in [-0.05, 0) is 19.5 Å². The Bertz CT molecular complexity index is 245. The largest absolute Gasteiger partial charge is 0.610 e. The maximum atomic E-state index is 10.7. The maximum absolute atomic E-state index is 10.7. The van der Waals surface area contributed by atoms with Crippen LogP contribution in [0.3, 0.4) is 0 Å². The van der Waals surface area contributed by atoms with E-state index in [0.717, 1.165) is 45.6 Å². The third-order valence-electron chi connectivity index (χ3n) is 2.28. The molecule has 0 fully saturated rings. The zero-order valence-corrected chi connectivity index (χ0v) is 10.5. The fourth-order valence-electron chi connectivity index (χ4n) is 1.27. The predicted molar refractivity (Wildman–Crippen MR) is 66.3 cm³/mol. The molecule has 0 radical (unpaired) electrons. The molecule has 1 rings (SSSR count). The van der Waals surface area contributed by atoms with Gasteiger partial charge in [-0.25, -0.2) is 0 Å². The molecule has 2 unspecified atom stereocenters. The van der Waals surface area contributed by atoms with Crippen LogP contribution in [0.4, 0.5) is 0 Å². The van der Waals surface area contributed by atoms with Gasteiger partial charge in [-0.15, -0.1) is 0 Å². The highest BCUT2D eigenvalue weighted by molar-refractivity contribution is 7.46. The highest BCUT2D eigenvalue weighted by Gasteiger charge is 2.33. The summed E-state index contributed by atoms with van der Waals surface area (Å²) in [6, 6.07) is 0. The second-order valence-corrected chi connectivity index (χ2v) is 5.14. The van der Waals surface area contributed by atoms with Crippen molar-refractivity contribution in [2.75, 3.05) is 32.7 Å². The Kier molecular flexibility index (Phi) is 7.55. The van der Waals surface area contributed by atoms with Gasteiger partial charge in [0.15, 0.2) is 7.94 Å². The molecule has 0 saturated heterocycles. The van der Waals surface area contributed by atoms with Gasteiger partial charge in [0.25, 0.3) is 5.78 Å². The lowest BCUT2D eigenvalue weighted by molar-refractivity contribution is -0.151. The minimum atomic E-state index is -1.17. The van der Waals surface area contributed by atoms with Crippen molar-refractivity contribution in [1.29, 1.82) is 0 Å². The molecule has 0 bridgehead atoms. The molecule has 0 saturated carbocycles. The molecule has 16 heavy (non-hydrogen) atoms. The quantitative estimate of drug-likeness (QED) is 0.281. The average Bonchev–Trinajstić information content (AvgIpc) is 2.97. The Hall–Kier alpha value is -0.320. The van der Waals surface area contributed by atoms with E-state index in [2.05, 4.69) is 27.5 Å². The fourth-order valence-corrected chi connectivity index (χ4v) is 2.06. The van der Waals surface area contributed by atoms with Crippen molar-refractivity contribution in [3.8, 4) is 0 Å². The van der Waals surface area contributed by atoms with E-state index in [4.69, 9.17) is 5.73 Å². The van der Waals surface area contributed by atoms with Crippen LogP contribution in [-0.2, 0) is 0 Å². The molecule has 0 aliphatic carbocycles. The topological polar surface area (TPSA) is 85.5 Å². The molecular weight excluding hydrogens is 223 g/mol. The van der Waals surface area contributed by atoms with E-state index >= 15 is 0 Å². The molecule has 4 N–H and O–H groups in total. The molecular formula is C10H21N4OP. The first-order valence-corrected chi connectivity index (χ1v) is 7.06. The number of nitrogens with two attached hydrogens (primary N) is 1. The number of hydrogen-bond acceptors (Lipinski definition) is 5. The summed E-state index contributed by atoms with van der Waals surface area (Å²) in [5, 5.41) is 6.52. The molecule has 0 amide bonds. The van der Waals surface area contributed by atoms with Gasteiger partial charge in [0.05, 0.1) is 0 Å². The highest BCUT2D eigenvalue weighted by atomic mass is 31.1. The Balaban J connectivity index is 1.74. The molecule has 2 atom stereocenters. The van der Waals surface area contributed by atoms with Crippen LogP contribution in [0.1, 0.15) is 12.8 Å². The summed E-state index contributed by atoms with van der Waals surface area (Å²) in [6.45, 7) is 4.37. The first kappa shape index (κ1) is 13.7. The number of nitrogens with one attached hydrogen (secondary N) is 2. The predicted octanol–water partition coefficient (Wildman–Crippen LogP) is -0.259. The van der Waals surface area contributed by atoms with Crippen molar-refractivity contribution in [2.45, 2.75) is 18.6 Å². The van der Waals surface area contributed by atoms with Crippen LogP contribution in [-0.4, -0.2) is 38.5 Å². The first-order valence-electron chi connectivity index (χ1n) is 5.78. The van der Waals surface area contributed by atoms with Gasteiger partial charge in [0.1, 0.15) is 0 Å². The molecule has 0 aromatic carbocycles. The minimum absolute atomic E-state index is 0.143. The van der Waals surface area contributed by atoms with E-state index < -0.39 is 7.94 Å².